The molecule has 7 rings (SSSR count). The van der Waals surface area contributed by atoms with Crippen molar-refractivity contribution in [3.05, 3.63) is 53.9 Å². The highest BCUT2D eigenvalue weighted by atomic mass is 19.3. The minimum Gasteiger partial charge on any atom is -0.453 e. The van der Waals surface area contributed by atoms with E-state index in [0.717, 1.165) is 5.69 Å². The summed E-state index contributed by atoms with van der Waals surface area (Å²) in [4.78, 5) is 37.4. The molecular formula is C28H28F2N8O5. The van der Waals surface area contributed by atoms with Gasteiger partial charge in [-0.3, -0.25) is 9.78 Å². The van der Waals surface area contributed by atoms with Gasteiger partial charge >= 0.3 is 6.09 Å². The molecule has 224 valence electrons. The summed E-state index contributed by atoms with van der Waals surface area (Å²) in [5.41, 5.74) is 1.19. The van der Waals surface area contributed by atoms with E-state index < -0.39 is 18.1 Å². The van der Waals surface area contributed by atoms with Crippen molar-refractivity contribution >= 4 is 28.9 Å². The highest BCUT2D eigenvalue weighted by molar-refractivity contribution is 6.09. The Morgan fingerprint density at radius 2 is 1.98 bits per heavy atom. The average Bonchev–Trinajstić information content (AvgIpc) is 3.57. The number of nitrogens with zero attached hydrogens (tertiary/aromatic N) is 7. The van der Waals surface area contributed by atoms with Gasteiger partial charge in [0.1, 0.15) is 5.60 Å². The lowest BCUT2D eigenvalue weighted by molar-refractivity contribution is -0.209. The van der Waals surface area contributed by atoms with Crippen LogP contribution in [0.1, 0.15) is 40.7 Å². The third-order valence-electron chi connectivity index (χ3n) is 8.63. The topological polar surface area (TPSA) is 151 Å². The lowest BCUT2D eigenvalue weighted by atomic mass is 9.55. The predicted molar refractivity (Wildman–Crippen MR) is 147 cm³/mol. The Bertz CT molecular complexity index is 1740. The molecule has 0 radical (unpaired) electrons. The first-order valence-electron chi connectivity index (χ1n) is 13.7. The molecule has 2 N–H and O–H groups in total. The quantitative estimate of drug-likeness (QED) is 0.341. The molecule has 0 aromatic carbocycles. The molecule has 43 heavy (non-hydrogen) atoms. The zero-order valence-electron chi connectivity index (χ0n) is 23.3. The smallest absolute Gasteiger partial charge is 0.409 e. The van der Waals surface area contributed by atoms with Crippen molar-refractivity contribution in [3.63, 3.8) is 0 Å². The van der Waals surface area contributed by atoms with E-state index in [1.54, 1.807) is 29.9 Å². The zero-order chi connectivity index (χ0) is 30.1. The Morgan fingerprint density at radius 1 is 1.21 bits per heavy atom. The third kappa shape index (κ3) is 4.54. The lowest BCUT2D eigenvalue weighted by Gasteiger charge is -2.62. The van der Waals surface area contributed by atoms with Crippen LogP contribution in [0, 0.1) is 12.3 Å². The van der Waals surface area contributed by atoms with Crippen LogP contribution in [0.2, 0.25) is 0 Å². The van der Waals surface area contributed by atoms with Gasteiger partial charge in [0.2, 0.25) is 11.7 Å². The van der Waals surface area contributed by atoms with Crippen molar-refractivity contribution in [1.82, 2.24) is 29.6 Å². The van der Waals surface area contributed by atoms with Gasteiger partial charge < -0.3 is 29.5 Å². The van der Waals surface area contributed by atoms with Crippen LogP contribution >= 0.6 is 0 Å². The number of fused-ring (bicyclic) bond motifs is 1. The average molecular weight is 595 g/mol. The number of alkyl halides is 2. The van der Waals surface area contributed by atoms with Crippen LogP contribution < -0.4 is 10.2 Å². The maximum Gasteiger partial charge on any atom is 0.409 e. The Kier molecular flexibility index (Phi) is 6.13. The lowest BCUT2D eigenvalue weighted by Crippen LogP contribution is -2.70. The second-order valence-electron chi connectivity index (χ2n) is 11.7. The van der Waals surface area contributed by atoms with Gasteiger partial charge in [0.25, 0.3) is 12.3 Å². The number of hydrogen-bond acceptors (Lipinski definition) is 10. The van der Waals surface area contributed by atoms with E-state index in [1.807, 2.05) is 17.0 Å². The summed E-state index contributed by atoms with van der Waals surface area (Å²) in [6, 6.07) is 5.42. The van der Waals surface area contributed by atoms with Gasteiger partial charge in [0, 0.05) is 55.2 Å². The third-order valence-corrected chi connectivity index (χ3v) is 8.63. The number of hydrogen-bond donors (Lipinski definition) is 2. The summed E-state index contributed by atoms with van der Waals surface area (Å²) in [6.45, 7) is 3.73. The molecule has 3 aliphatic rings. The molecule has 0 atom stereocenters. The number of aliphatic hydroxyl groups is 1. The van der Waals surface area contributed by atoms with Gasteiger partial charge in [-0.1, -0.05) is 5.16 Å². The van der Waals surface area contributed by atoms with Crippen LogP contribution in [-0.4, -0.2) is 92.1 Å². The van der Waals surface area contributed by atoms with Gasteiger partial charge in [0.05, 0.1) is 41.7 Å². The van der Waals surface area contributed by atoms with Crippen molar-refractivity contribution in [1.29, 1.82) is 0 Å². The summed E-state index contributed by atoms with van der Waals surface area (Å²) in [5.74, 6) is 0.232. The van der Waals surface area contributed by atoms with Gasteiger partial charge in [-0.25, -0.2) is 18.1 Å². The summed E-state index contributed by atoms with van der Waals surface area (Å²) in [5, 5.41) is 21.3. The Labute approximate surface area is 243 Å². The molecule has 3 fully saturated rings. The highest BCUT2D eigenvalue weighted by Gasteiger charge is 2.63. The van der Waals surface area contributed by atoms with Crippen molar-refractivity contribution < 1.29 is 32.7 Å². The van der Waals surface area contributed by atoms with E-state index in [0.29, 0.717) is 65.9 Å². The molecule has 0 bridgehead atoms. The maximum absolute atomic E-state index is 13.4. The minimum absolute atomic E-state index is 0.0863. The molecule has 6 heterocycles. The normalized spacial score (nSPS) is 18.8. The molecule has 4 aromatic rings. The fraction of sp³-hybridized carbons (Fsp3) is 0.429. The number of carbonyl (C=O) groups is 2. The van der Waals surface area contributed by atoms with E-state index in [2.05, 4.69) is 25.5 Å². The number of aromatic nitrogens is 5. The van der Waals surface area contributed by atoms with E-state index in [9.17, 15) is 23.5 Å². The number of amides is 2. The molecule has 0 unspecified atom stereocenters. The Hall–Kier alpha value is -4.66. The van der Waals surface area contributed by atoms with E-state index in [4.69, 9.17) is 9.26 Å². The number of halogens is 2. The van der Waals surface area contributed by atoms with Gasteiger partial charge in [-0.15, -0.1) is 0 Å². The molecule has 13 nitrogen and oxygen atoms in total. The number of rotatable bonds is 6. The van der Waals surface area contributed by atoms with Crippen LogP contribution in [-0.2, 0) is 4.74 Å². The number of nitrogens with one attached hydrogen (secondary N) is 1. The second-order valence-corrected chi connectivity index (χ2v) is 11.7. The van der Waals surface area contributed by atoms with Crippen LogP contribution in [0.3, 0.4) is 0 Å². The summed E-state index contributed by atoms with van der Waals surface area (Å²) < 4.78 is 37.9. The fourth-order valence-corrected chi connectivity index (χ4v) is 6.31. The number of anilines is 2. The molecule has 2 saturated heterocycles. The van der Waals surface area contributed by atoms with Gasteiger partial charge in [-0.05, 0) is 38.0 Å². The SMILES string of the molecule is COC(=O)N1CC(c2nc(-c3cnc(C)c(NC(=O)c4cnn5ccc(N6CC7(C6)CC(O)(C(F)F)C7)cc45)c3)no2)C1. The van der Waals surface area contributed by atoms with Gasteiger partial charge in [0.15, 0.2) is 0 Å². The van der Waals surface area contributed by atoms with Crippen LogP contribution in [0.5, 0.6) is 0 Å². The van der Waals surface area contributed by atoms with Crippen molar-refractivity contribution in [2.75, 3.05) is 43.5 Å². The number of ether oxygens (including phenoxy) is 1. The van der Waals surface area contributed by atoms with Crippen molar-refractivity contribution in [2.24, 2.45) is 5.41 Å². The first-order valence-corrected chi connectivity index (χ1v) is 13.7. The molecule has 1 saturated carbocycles. The van der Waals surface area contributed by atoms with Crippen molar-refractivity contribution in [2.45, 2.75) is 37.7 Å². The summed E-state index contributed by atoms with van der Waals surface area (Å²) >= 11 is 0. The number of methoxy groups -OCH3 is 1. The van der Waals surface area contributed by atoms with Crippen LogP contribution in [0.4, 0.5) is 25.0 Å². The number of carbonyl (C=O) groups excluding carboxylic acids is 2. The molecule has 4 aromatic heterocycles. The molecular weight excluding hydrogens is 566 g/mol. The minimum atomic E-state index is -2.74. The maximum atomic E-state index is 13.4. The van der Waals surface area contributed by atoms with E-state index in [1.165, 1.54) is 18.2 Å². The van der Waals surface area contributed by atoms with Crippen LogP contribution in [0.25, 0.3) is 16.9 Å². The predicted octanol–water partition coefficient (Wildman–Crippen LogP) is 3.10. The first-order chi connectivity index (χ1) is 20.6. The fourth-order valence-electron chi connectivity index (χ4n) is 6.31. The Morgan fingerprint density at radius 3 is 2.70 bits per heavy atom. The number of likely N-dealkylation sites (tertiary alicyclic amines) is 1. The number of pyridine rings is 2. The van der Waals surface area contributed by atoms with E-state index >= 15 is 0 Å². The first kappa shape index (κ1) is 27.2. The zero-order valence-corrected chi connectivity index (χ0v) is 23.3. The molecule has 15 heteroatoms. The monoisotopic (exact) mass is 594 g/mol. The standard InChI is InChI=1S/C28H28F2N8O5/c1-15-20(5-16(7-31-15)22-34-24(43-35-22)17-9-36(10-17)26(40)42-2)33-23(39)19-8-32-38-4-3-18(6-21(19)38)37-13-27(14-37)11-28(41,12-27)25(29)30/h3-8,17,25,41H,9-14H2,1-2H3,(H,33,39). The van der Waals surface area contributed by atoms with Crippen molar-refractivity contribution in [3.8, 4) is 11.4 Å². The van der Waals surface area contributed by atoms with Gasteiger partial charge in [-0.2, -0.15) is 10.1 Å². The summed E-state index contributed by atoms with van der Waals surface area (Å²) in [7, 11) is 1.33. The molecule has 1 spiro atoms. The number of aryl methyl sites for hydroxylation is 1. The largest absolute Gasteiger partial charge is 0.453 e. The van der Waals surface area contributed by atoms with Crippen LogP contribution in [0.15, 0.2) is 41.3 Å². The molecule has 2 amide bonds. The molecule has 2 aliphatic heterocycles. The molecule has 1 aliphatic carbocycles. The van der Waals surface area contributed by atoms with E-state index in [-0.39, 0.29) is 30.1 Å². The summed E-state index contributed by atoms with van der Waals surface area (Å²) in [6.07, 6.45) is 1.84. The highest BCUT2D eigenvalue weighted by Crippen LogP contribution is 2.56. The Balaban J connectivity index is 1.04. The second kappa shape index (κ2) is 9.69.